The van der Waals surface area contributed by atoms with E-state index in [-0.39, 0.29) is 0 Å². The summed E-state index contributed by atoms with van der Waals surface area (Å²) in [5.74, 6) is 0.288. The first-order valence-corrected chi connectivity index (χ1v) is 7.84. The lowest BCUT2D eigenvalue weighted by Gasteiger charge is -2.08. The SMILES string of the molecule is N#Cc1ccccc1-c1ccc(/C=N/NC(=O)C(O)c2ccccc2)o1. The molecule has 0 bridgehead atoms. The Balaban J connectivity index is 1.66. The van der Waals surface area contributed by atoms with Gasteiger partial charge in [0.05, 0.1) is 17.8 Å². The van der Waals surface area contributed by atoms with Crippen LogP contribution < -0.4 is 5.43 Å². The average Bonchev–Trinajstić information content (AvgIpc) is 3.16. The third kappa shape index (κ3) is 3.86. The number of aliphatic hydroxyl groups is 1. The summed E-state index contributed by atoms with van der Waals surface area (Å²) in [5, 5.41) is 22.9. The summed E-state index contributed by atoms with van der Waals surface area (Å²) in [5.41, 5.74) is 3.93. The molecule has 6 heteroatoms. The van der Waals surface area contributed by atoms with E-state index in [0.29, 0.717) is 28.2 Å². The molecule has 3 aromatic rings. The first-order valence-electron chi connectivity index (χ1n) is 7.84. The zero-order valence-electron chi connectivity index (χ0n) is 13.7. The molecule has 2 N–H and O–H groups in total. The van der Waals surface area contributed by atoms with E-state index in [1.165, 1.54) is 6.21 Å². The summed E-state index contributed by atoms with van der Waals surface area (Å²) in [6.07, 6.45) is 0.0247. The highest BCUT2D eigenvalue weighted by atomic mass is 16.3. The van der Waals surface area contributed by atoms with E-state index in [0.717, 1.165) is 0 Å². The first kappa shape index (κ1) is 17.1. The van der Waals surface area contributed by atoms with Gasteiger partial charge in [0.15, 0.2) is 6.10 Å². The number of hydrazone groups is 1. The Hall–Kier alpha value is -3.69. The Morgan fingerprint density at radius 3 is 2.62 bits per heavy atom. The van der Waals surface area contributed by atoms with E-state index in [1.807, 2.05) is 6.07 Å². The summed E-state index contributed by atoms with van der Waals surface area (Å²) in [6, 6.07) is 21.2. The highest BCUT2D eigenvalue weighted by Crippen LogP contribution is 2.24. The molecule has 0 aliphatic carbocycles. The Morgan fingerprint density at radius 1 is 1.12 bits per heavy atom. The van der Waals surface area contributed by atoms with Crippen molar-refractivity contribution in [1.82, 2.24) is 5.43 Å². The van der Waals surface area contributed by atoms with Gasteiger partial charge in [0.2, 0.25) is 0 Å². The number of carbonyl (C=O) groups is 1. The molecule has 3 rings (SSSR count). The fraction of sp³-hybridized carbons (Fsp3) is 0.0500. The molecule has 1 atom stereocenters. The molecule has 6 nitrogen and oxygen atoms in total. The van der Waals surface area contributed by atoms with Crippen LogP contribution in [0.5, 0.6) is 0 Å². The molecular formula is C20H15N3O3. The van der Waals surface area contributed by atoms with Crippen LogP contribution in [0, 0.1) is 11.3 Å². The predicted octanol–water partition coefficient (Wildman–Crippen LogP) is 3.00. The van der Waals surface area contributed by atoms with Crippen molar-refractivity contribution in [2.45, 2.75) is 6.10 Å². The van der Waals surface area contributed by atoms with Crippen LogP contribution in [0.15, 0.2) is 76.2 Å². The molecule has 1 amide bonds. The molecule has 26 heavy (non-hydrogen) atoms. The van der Waals surface area contributed by atoms with Crippen molar-refractivity contribution in [3.63, 3.8) is 0 Å². The second-order valence-corrected chi connectivity index (χ2v) is 5.41. The number of furan rings is 1. The molecule has 1 heterocycles. The third-order valence-corrected chi connectivity index (χ3v) is 3.67. The summed E-state index contributed by atoms with van der Waals surface area (Å²) in [4.78, 5) is 11.9. The largest absolute Gasteiger partial charge is 0.455 e. The Labute approximate surface area is 150 Å². The molecule has 0 aliphatic heterocycles. The number of aliphatic hydroxyl groups excluding tert-OH is 1. The lowest BCUT2D eigenvalue weighted by molar-refractivity contribution is -0.129. The second kappa shape index (κ2) is 7.92. The zero-order chi connectivity index (χ0) is 18.4. The maximum Gasteiger partial charge on any atom is 0.273 e. The van der Waals surface area contributed by atoms with Crippen LogP contribution in [0.1, 0.15) is 23.0 Å². The van der Waals surface area contributed by atoms with E-state index in [9.17, 15) is 9.90 Å². The lowest BCUT2D eigenvalue weighted by atomic mass is 10.1. The molecule has 2 aromatic carbocycles. The monoisotopic (exact) mass is 345 g/mol. The van der Waals surface area contributed by atoms with Crippen molar-refractivity contribution in [1.29, 1.82) is 5.26 Å². The van der Waals surface area contributed by atoms with E-state index in [2.05, 4.69) is 16.6 Å². The van der Waals surface area contributed by atoms with E-state index in [4.69, 9.17) is 9.68 Å². The molecular weight excluding hydrogens is 330 g/mol. The quantitative estimate of drug-likeness (QED) is 0.548. The smallest absolute Gasteiger partial charge is 0.273 e. The zero-order valence-corrected chi connectivity index (χ0v) is 13.7. The Morgan fingerprint density at radius 2 is 1.85 bits per heavy atom. The van der Waals surface area contributed by atoms with Crippen LogP contribution in [0.2, 0.25) is 0 Å². The molecule has 0 saturated carbocycles. The van der Waals surface area contributed by atoms with Crippen molar-refractivity contribution in [3.8, 4) is 17.4 Å². The maximum atomic E-state index is 11.9. The molecule has 0 aliphatic rings. The van der Waals surface area contributed by atoms with Crippen LogP contribution in [0.25, 0.3) is 11.3 Å². The second-order valence-electron chi connectivity index (χ2n) is 5.41. The van der Waals surface area contributed by atoms with Crippen LogP contribution in [0.4, 0.5) is 0 Å². The summed E-state index contributed by atoms with van der Waals surface area (Å²) in [6.45, 7) is 0. The van der Waals surface area contributed by atoms with Crippen LogP contribution in [0.3, 0.4) is 0 Å². The standard InChI is InChI=1S/C20H15N3O3/c21-12-15-8-4-5-9-17(15)18-11-10-16(26-18)13-22-23-20(25)19(24)14-6-2-1-3-7-14/h1-11,13,19,24H,(H,23,25)/b22-13+. The van der Waals surface area contributed by atoms with Gasteiger partial charge in [0, 0.05) is 5.56 Å². The van der Waals surface area contributed by atoms with Gasteiger partial charge >= 0.3 is 0 Å². The fourth-order valence-electron chi connectivity index (χ4n) is 2.37. The Kier molecular flexibility index (Phi) is 5.22. The van der Waals surface area contributed by atoms with E-state index in [1.54, 1.807) is 60.7 Å². The van der Waals surface area contributed by atoms with Crippen molar-refractivity contribution >= 4 is 12.1 Å². The fourth-order valence-corrected chi connectivity index (χ4v) is 2.37. The minimum Gasteiger partial charge on any atom is -0.455 e. The number of hydrogen-bond donors (Lipinski definition) is 2. The summed E-state index contributed by atoms with van der Waals surface area (Å²) < 4.78 is 5.62. The number of nitrogens with zero attached hydrogens (tertiary/aromatic N) is 2. The van der Waals surface area contributed by atoms with Gasteiger partial charge in [0.25, 0.3) is 5.91 Å². The molecule has 128 valence electrons. The minimum atomic E-state index is -1.30. The highest BCUT2D eigenvalue weighted by molar-refractivity contribution is 5.84. The van der Waals surface area contributed by atoms with Gasteiger partial charge in [-0.25, -0.2) is 5.43 Å². The molecule has 1 aromatic heterocycles. The average molecular weight is 345 g/mol. The number of carbonyl (C=O) groups excluding carboxylic acids is 1. The molecule has 0 saturated heterocycles. The van der Waals surface area contributed by atoms with Gasteiger partial charge in [-0.3, -0.25) is 4.79 Å². The predicted molar refractivity (Wildman–Crippen MR) is 96.0 cm³/mol. The topological polar surface area (TPSA) is 98.6 Å². The van der Waals surface area contributed by atoms with Gasteiger partial charge in [-0.2, -0.15) is 10.4 Å². The number of nitriles is 1. The minimum absolute atomic E-state index is 0.405. The summed E-state index contributed by atoms with van der Waals surface area (Å²) in [7, 11) is 0. The van der Waals surface area contributed by atoms with E-state index < -0.39 is 12.0 Å². The van der Waals surface area contributed by atoms with Crippen molar-refractivity contribution in [3.05, 3.63) is 83.6 Å². The number of amides is 1. The van der Waals surface area contributed by atoms with Gasteiger partial charge in [0.1, 0.15) is 11.5 Å². The number of nitrogens with one attached hydrogen (secondary N) is 1. The molecule has 0 radical (unpaired) electrons. The first-order chi connectivity index (χ1) is 12.7. The number of rotatable bonds is 5. The van der Waals surface area contributed by atoms with Gasteiger partial charge in [-0.1, -0.05) is 42.5 Å². The third-order valence-electron chi connectivity index (χ3n) is 3.67. The number of benzene rings is 2. The Bertz CT molecular complexity index is 971. The molecule has 0 fully saturated rings. The van der Waals surface area contributed by atoms with Crippen LogP contribution >= 0.6 is 0 Å². The van der Waals surface area contributed by atoms with Crippen LogP contribution in [-0.4, -0.2) is 17.2 Å². The maximum absolute atomic E-state index is 11.9. The van der Waals surface area contributed by atoms with Crippen molar-refractivity contribution in [2.75, 3.05) is 0 Å². The van der Waals surface area contributed by atoms with Crippen LogP contribution in [-0.2, 0) is 4.79 Å². The van der Waals surface area contributed by atoms with Gasteiger partial charge in [-0.05, 0) is 29.8 Å². The number of hydrogen-bond acceptors (Lipinski definition) is 5. The van der Waals surface area contributed by atoms with E-state index >= 15 is 0 Å². The van der Waals surface area contributed by atoms with Crippen molar-refractivity contribution in [2.24, 2.45) is 5.10 Å². The van der Waals surface area contributed by atoms with Gasteiger partial charge in [-0.15, -0.1) is 0 Å². The van der Waals surface area contributed by atoms with Gasteiger partial charge < -0.3 is 9.52 Å². The van der Waals surface area contributed by atoms with Crippen molar-refractivity contribution < 1.29 is 14.3 Å². The lowest BCUT2D eigenvalue weighted by Crippen LogP contribution is -2.25. The highest BCUT2D eigenvalue weighted by Gasteiger charge is 2.16. The molecule has 0 spiro atoms. The summed E-state index contributed by atoms with van der Waals surface area (Å²) >= 11 is 0. The normalized spacial score (nSPS) is 11.8. The molecule has 1 unspecified atom stereocenters.